The summed E-state index contributed by atoms with van der Waals surface area (Å²) in [5, 5.41) is 8.68. The van der Waals surface area contributed by atoms with Crippen LogP contribution in [-0.2, 0) is 0 Å². The third-order valence-corrected chi connectivity index (χ3v) is 3.10. The molecule has 26 heavy (non-hydrogen) atoms. The van der Waals surface area contributed by atoms with Crippen molar-refractivity contribution in [1.29, 1.82) is 0 Å². The first-order valence-electron chi connectivity index (χ1n) is 5.81. The van der Waals surface area contributed by atoms with E-state index >= 15 is 0 Å². The van der Waals surface area contributed by atoms with Gasteiger partial charge in [-0.05, 0) is 13.8 Å². The molecule has 0 aromatic rings. The fourth-order valence-corrected chi connectivity index (χ4v) is 1.35. The predicted octanol–water partition coefficient (Wildman–Crippen LogP) is 5.13. The molecule has 0 aliphatic carbocycles. The SMILES string of the molecule is CC(C)(O)C(F)(F)C(F)(F)C(F)(F)C(F)(F)C(F)(F)C(F)(F)C(F)(F)F. The van der Waals surface area contributed by atoms with Crippen molar-refractivity contribution in [2.45, 2.75) is 61.2 Å². The standard InChI is InChI=1S/C10H7F15O/c1-3(2,26)4(11,12)5(13,14)6(15,16)7(17,18)8(19,20)9(21,22)10(23,24)25/h26H,1-2H3. The summed E-state index contributed by atoms with van der Waals surface area (Å²) in [7, 11) is 0. The minimum Gasteiger partial charge on any atom is -0.384 e. The summed E-state index contributed by atoms with van der Waals surface area (Å²) in [5.41, 5.74) is -4.31. The molecule has 0 spiro atoms. The first-order valence-corrected chi connectivity index (χ1v) is 5.81. The average Bonchev–Trinajstić information content (AvgIpc) is 2.34. The van der Waals surface area contributed by atoms with Gasteiger partial charge < -0.3 is 5.11 Å². The highest BCUT2D eigenvalue weighted by molar-refractivity contribution is 5.15. The lowest BCUT2D eigenvalue weighted by Gasteiger charge is -2.43. The second-order valence-corrected chi connectivity index (χ2v) is 5.50. The van der Waals surface area contributed by atoms with Crippen molar-refractivity contribution in [3.05, 3.63) is 0 Å². The first kappa shape index (κ1) is 24.9. The lowest BCUT2D eigenvalue weighted by Crippen LogP contribution is -2.74. The molecule has 0 fully saturated rings. The molecule has 158 valence electrons. The molecule has 1 nitrogen and oxygen atoms in total. The van der Waals surface area contributed by atoms with E-state index in [1.165, 1.54) is 0 Å². The third-order valence-electron chi connectivity index (χ3n) is 3.10. The molecule has 0 heterocycles. The minimum atomic E-state index is -8.34. The van der Waals surface area contributed by atoms with Gasteiger partial charge in [0.1, 0.15) is 5.60 Å². The number of aliphatic hydroxyl groups is 1. The fraction of sp³-hybridized carbons (Fsp3) is 1.00. The minimum absolute atomic E-state index is 0.363. The highest BCUT2D eigenvalue weighted by atomic mass is 19.4. The van der Waals surface area contributed by atoms with E-state index in [0.29, 0.717) is 0 Å². The lowest BCUT2D eigenvalue weighted by atomic mass is 9.85. The van der Waals surface area contributed by atoms with Gasteiger partial charge >= 0.3 is 41.7 Å². The highest BCUT2D eigenvalue weighted by Crippen LogP contribution is 2.63. The molecule has 0 radical (unpaired) electrons. The van der Waals surface area contributed by atoms with Gasteiger partial charge in [-0.2, -0.15) is 65.9 Å². The predicted molar refractivity (Wildman–Crippen MR) is 52.0 cm³/mol. The van der Waals surface area contributed by atoms with E-state index in [1.807, 2.05) is 0 Å². The van der Waals surface area contributed by atoms with Crippen molar-refractivity contribution in [1.82, 2.24) is 0 Å². The molecule has 0 aliphatic rings. The quantitative estimate of drug-likeness (QED) is 0.582. The molecular weight excluding hydrogens is 421 g/mol. The van der Waals surface area contributed by atoms with Gasteiger partial charge in [-0.15, -0.1) is 0 Å². The van der Waals surface area contributed by atoms with Crippen molar-refractivity contribution >= 4 is 0 Å². The van der Waals surface area contributed by atoms with Crippen LogP contribution in [-0.4, -0.2) is 52.4 Å². The molecule has 0 aromatic carbocycles. The molecule has 0 amide bonds. The number of hydrogen-bond acceptors (Lipinski definition) is 1. The van der Waals surface area contributed by atoms with Gasteiger partial charge in [0.2, 0.25) is 0 Å². The van der Waals surface area contributed by atoms with Crippen molar-refractivity contribution in [2.24, 2.45) is 0 Å². The number of rotatable bonds is 6. The molecule has 0 rings (SSSR count). The van der Waals surface area contributed by atoms with E-state index in [1.54, 1.807) is 0 Å². The maximum absolute atomic E-state index is 13.2. The number of halogens is 15. The second-order valence-electron chi connectivity index (χ2n) is 5.50. The van der Waals surface area contributed by atoms with Crippen molar-refractivity contribution < 1.29 is 71.0 Å². The van der Waals surface area contributed by atoms with E-state index in [4.69, 9.17) is 5.11 Å². The lowest BCUT2D eigenvalue weighted by molar-refractivity contribution is -0.458. The van der Waals surface area contributed by atoms with E-state index in [2.05, 4.69) is 0 Å². The van der Waals surface area contributed by atoms with Crippen LogP contribution in [0.4, 0.5) is 65.9 Å². The smallest absolute Gasteiger partial charge is 0.384 e. The molecule has 0 atom stereocenters. The normalized spacial score (nSPS) is 16.8. The van der Waals surface area contributed by atoms with Gasteiger partial charge in [0.15, 0.2) is 0 Å². The number of alkyl halides is 15. The van der Waals surface area contributed by atoms with Gasteiger partial charge in [-0.25, -0.2) is 0 Å². The molecule has 16 heteroatoms. The van der Waals surface area contributed by atoms with Crippen molar-refractivity contribution in [2.75, 3.05) is 0 Å². The molecule has 0 aromatic heterocycles. The summed E-state index contributed by atoms with van der Waals surface area (Å²) in [6, 6.07) is 0. The maximum atomic E-state index is 13.2. The van der Waals surface area contributed by atoms with Crippen LogP contribution in [0.5, 0.6) is 0 Å². The summed E-state index contributed by atoms with van der Waals surface area (Å²) in [6.45, 7) is -0.727. The topological polar surface area (TPSA) is 20.2 Å². The summed E-state index contributed by atoms with van der Waals surface area (Å²) >= 11 is 0. The summed E-state index contributed by atoms with van der Waals surface area (Å²) in [5.74, 6) is -47.1. The largest absolute Gasteiger partial charge is 0.460 e. The monoisotopic (exact) mass is 428 g/mol. The van der Waals surface area contributed by atoms with Gasteiger partial charge in [0.05, 0.1) is 0 Å². The average molecular weight is 428 g/mol. The zero-order chi connectivity index (χ0) is 22.0. The van der Waals surface area contributed by atoms with Crippen molar-refractivity contribution in [3.8, 4) is 0 Å². The van der Waals surface area contributed by atoms with Crippen molar-refractivity contribution in [3.63, 3.8) is 0 Å². The Morgan fingerprint density at radius 2 is 0.577 bits per heavy atom. The van der Waals surface area contributed by atoms with Crippen LogP contribution in [0.1, 0.15) is 13.8 Å². The van der Waals surface area contributed by atoms with Crippen LogP contribution in [0.3, 0.4) is 0 Å². The Hall–Kier alpha value is -1.09. The number of hydrogen-bond donors (Lipinski definition) is 1. The van der Waals surface area contributed by atoms with Crippen LogP contribution in [0, 0.1) is 0 Å². The Balaban J connectivity index is 6.61. The van der Waals surface area contributed by atoms with E-state index < -0.39 is 47.3 Å². The molecule has 0 unspecified atom stereocenters. The van der Waals surface area contributed by atoms with Crippen LogP contribution in [0.2, 0.25) is 0 Å². The van der Waals surface area contributed by atoms with Crippen LogP contribution < -0.4 is 0 Å². The zero-order valence-electron chi connectivity index (χ0n) is 12.1. The zero-order valence-corrected chi connectivity index (χ0v) is 12.1. The third kappa shape index (κ3) is 2.87. The Morgan fingerprint density at radius 1 is 0.385 bits per heavy atom. The molecule has 0 saturated carbocycles. The van der Waals surface area contributed by atoms with Crippen LogP contribution in [0.25, 0.3) is 0 Å². The van der Waals surface area contributed by atoms with Crippen LogP contribution >= 0.6 is 0 Å². The van der Waals surface area contributed by atoms with E-state index in [9.17, 15) is 65.9 Å². The molecule has 0 bridgehead atoms. The van der Waals surface area contributed by atoms with Gasteiger partial charge in [-0.3, -0.25) is 0 Å². The Kier molecular flexibility index (Phi) is 5.46. The van der Waals surface area contributed by atoms with Crippen LogP contribution in [0.15, 0.2) is 0 Å². The molecular formula is C10H7F15O. The Labute approximate surface area is 133 Å². The summed E-state index contributed by atoms with van der Waals surface area (Å²) < 4.78 is 191. The summed E-state index contributed by atoms with van der Waals surface area (Å²) in [4.78, 5) is 0. The second kappa shape index (κ2) is 5.70. The Morgan fingerprint density at radius 3 is 0.769 bits per heavy atom. The van der Waals surface area contributed by atoms with E-state index in [0.717, 1.165) is 0 Å². The highest BCUT2D eigenvalue weighted by Gasteiger charge is 2.94. The van der Waals surface area contributed by atoms with Gasteiger partial charge in [0.25, 0.3) is 0 Å². The summed E-state index contributed by atoms with van der Waals surface area (Å²) in [6.07, 6.45) is -7.63. The van der Waals surface area contributed by atoms with Gasteiger partial charge in [0, 0.05) is 0 Å². The fourth-order valence-electron chi connectivity index (χ4n) is 1.35. The first-order chi connectivity index (χ1) is 10.8. The molecule has 0 aliphatic heterocycles. The Bertz CT molecular complexity index is 476. The molecule has 0 saturated heterocycles. The van der Waals surface area contributed by atoms with Gasteiger partial charge in [-0.1, -0.05) is 0 Å². The molecule has 1 N–H and O–H groups in total. The maximum Gasteiger partial charge on any atom is 0.460 e. The van der Waals surface area contributed by atoms with E-state index in [-0.39, 0.29) is 13.8 Å².